The van der Waals surface area contributed by atoms with Gasteiger partial charge in [0.15, 0.2) is 0 Å². The van der Waals surface area contributed by atoms with Crippen LogP contribution in [0.5, 0.6) is 0 Å². The van der Waals surface area contributed by atoms with Crippen molar-refractivity contribution in [1.82, 2.24) is 0 Å². The van der Waals surface area contributed by atoms with Crippen LogP contribution in [0.15, 0.2) is 30.3 Å². The van der Waals surface area contributed by atoms with Gasteiger partial charge in [-0.3, -0.25) is 0 Å². The summed E-state index contributed by atoms with van der Waals surface area (Å²) in [6, 6.07) is 10.3. The molecule has 1 rings (SSSR count). The highest BCUT2D eigenvalue weighted by Gasteiger charge is 2.17. The van der Waals surface area contributed by atoms with Crippen LogP contribution in [-0.2, 0) is 5.31 Å². The first-order valence-corrected chi connectivity index (χ1v) is 4.51. The van der Waals surface area contributed by atoms with E-state index < -0.39 is 0 Å². The summed E-state index contributed by atoms with van der Waals surface area (Å²) in [5.74, 6) is 0. The van der Waals surface area contributed by atoms with Crippen LogP contribution in [0.1, 0.15) is 54.5 Å². The zero-order valence-corrected chi connectivity index (χ0v) is 7.88. The molecular weight excluding hydrogens is 179 g/mol. The summed E-state index contributed by atoms with van der Waals surface area (Å²) < 4.78 is 0. The molecule has 0 fully saturated rings. The molecule has 1 aromatic rings. The van der Waals surface area contributed by atoms with Gasteiger partial charge in [0.1, 0.15) is 0 Å². The lowest BCUT2D eigenvalue weighted by Gasteiger charge is -2.24. The second-order valence-electron chi connectivity index (χ2n) is 3.53. The normalized spacial score (nSPS) is 12.4. The Balaban J connectivity index is -0.000000480. The fourth-order valence-corrected chi connectivity index (χ4v) is 1.48. The fourth-order valence-electron chi connectivity index (χ4n) is 1.48. The van der Waals surface area contributed by atoms with E-state index in [0.717, 1.165) is 12.8 Å². The minimum absolute atomic E-state index is 0. The van der Waals surface area contributed by atoms with Crippen molar-refractivity contribution in [2.24, 2.45) is 0 Å². The van der Waals surface area contributed by atoms with E-state index in [1.165, 1.54) is 5.56 Å². The average molecular weight is 206 g/mol. The van der Waals surface area contributed by atoms with Gasteiger partial charge >= 0.3 is 0 Å². The Morgan fingerprint density at radius 1 is 1.07 bits per heavy atom. The van der Waals surface area contributed by atoms with Crippen molar-refractivity contribution in [2.75, 3.05) is 0 Å². The minimum Gasteiger partial charge on any atom is -0.0776 e. The molecule has 1 unspecified atom stereocenters. The Bertz CT molecular complexity index is 226. The molecule has 0 aliphatic heterocycles. The molecule has 0 heterocycles. The lowest BCUT2D eigenvalue weighted by molar-refractivity contribution is 0.595. The number of benzene rings is 1. The number of rotatable bonds is 3. The van der Waals surface area contributed by atoms with Gasteiger partial charge in [0.25, 0.3) is 0 Å². The monoisotopic (exact) mass is 206 g/mol. The first-order valence-electron chi connectivity index (χ1n) is 4.51. The SMILES string of the molecule is C.C.C.[B]C(C)(CCC)c1ccccc1. The Labute approximate surface area is 98.5 Å². The first-order chi connectivity index (χ1) is 5.67. The first kappa shape index (κ1) is 19.8. The summed E-state index contributed by atoms with van der Waals surface area (Å²) in [6.45, 7) is 4.25. The van der Waals surface area contributed by atoms with Crippen molar-refractivity contribution in [2.45, 2.75) is 54.3 Å². The van der Waals surface area contributed by atoms with E-state index in [9.17, 15) is 0 Å². The topological polar surface area (TPSA) is 0 Å². The van der Waals surface area contributed by atoms with Crippen LogP contribution in [0.4, 0.5) is 0 Å². The molecular formula is C14H27B. The predicted octanol–water partition coefficient (Wildman–Crippen LogP) is 4.78. The van der Waals surface area contributed by atoms with Crippen molar-refractivity contribution >= 4 is 7.85 Å². The quantitative estimate of drug-likeness (QED) is 0.624. The maximum atomic E-state index is 6.15. The van der Waals surface area contributed by atoms with Gasteiger partial charge < -0.3 is 0 Å². The van der Waals surface area contributed by atoms with E-state index in [4.69, 9.17) is 7.85 Å². The van der Waals surface area contributed by atoms with Crippen LogP contribution < -0.4 is 0 Å². The van der Waals surface area contributed by atoms with Gasteiger partial charge in [-0.25, -0.2) is 0 Å². The van der Waals surface area contributed by atoms with Gasteiger partial charge in [0.2, 0.25) is 0 Å². The standard InChI is InChI=1S/C11H15B.3CH4/c1-3-9-11(2,12)10-7-5-4-6-8-10;;;/h4-8H,3,9H2,1-2H3;3*1H4. The van der Waals surface area contributed by atoms with Crippen molar-refractivity contribution in [3.8, 4) is 0 Å². The molecule has 0 N–H and O–H groups in total. The summed E-state index contributed by atoms with van der Waals surface area (Å²) in [6.07, 6.45) is 2.17. The fraction of sp³-hybridized carbons (Fsp3) is 0.571. The Kier molecular flexibility index (Phi) is 11.3. The number of hydrogen-bond acceptors (Lipinski definition) is 0. The van der Waals surface area contributed by atoms with E-state index >= 15 is 0 Å². The lowest BCUT2D eigenvalue weighted by Crippen LogP contribution is -2.21. The molecule has 0 bridgehead atoms. The Morgan fingerprint density at radius 2 is 1.53 bits per heavy atom. The van der Waals surface area contributed by atoms with Gasteiger partial charge in [-0.1, -0.05) is 84.9 Å². The molecule has 15 heavy (non-hydrogen) atoms. The molecule has 86 valence electrons. The van der Waals surface area contributed by atoms with Crippen LogP contribution in [0.25, 0.3) is 0 Å². The molecule has 0 aliphatic rings. The summed E-state index contributed by atoms with van der Waals surface area (Å²) in [7, 11) is 6.15. The summed E-state index contributed by atoms with van der Waals surface area (Å²) in [5, 5.41) is -0.157. The van der Waals surface area contributed by atoms with Crippen molar-refractivity contribution < 1.29 is 0 Å². The molecule has 2 radical (unpaired) electrons. The van der Waals surface area contributed by atoms with Crippen molar-refractivity contribution in [3.05, 3.63) is 35.9 Å². The molecule has 1 heteroatoms. The maximum absolute atomic E-state index is 6.15. The Morgan fingerprint density at radius 3 is 1.93 bits per heavy atom. The highest BCUT2D eigenvalue weighted by atomic mass is 14.2. The summed E-state index contributed by atoms with van der Waals surface area (Å²) in [5.41, 5.74) is 1.23. The molecule has 0 amide bonds. The number of hydrogen-bond donors (Lipinski definition) is 0. The predicted molar refractivity (Wildman–Crippen MR) is 74.6 cm³/mol. The second kappa shape index (κ2) is 8.58. The van der Waals surface area contributed by atoms with E-state index in [1.807, 2.05) is 18.2 Å². The highest BCUT2D eigenvalue weighted by Crippen LogP contribution is 2.24. The van der Waals surface area contributed by atoms with Crippen LogP contribution in [0.2, 0.25) is 0 Å². The van der Waals surface area contributed by atoms with Crippen molar-refractivity contribution in [3.63, 3.8) is 0 Å². The largest absolute Gasteiger partial charge is 0.0806 e. The molecule has 1 aromatic carbocycles. The smallest absolute Gasteiger partial charge is 0.0776 e. The molecule has 0 aliphatic carbocycles. The molecule has 0 saturated carbocycles. The third-order valence-corrected chi connectivity index (χ3v) is 2.20. The van der Waals surface area contributed by atoms with Gasteiger partial charge in [0, 0.05) is 0 Å². The highest BCUT2D eigenvalue weighted by molar-refractivity contribution is 6.15. The van der Waals surface area contributed by atoms with Crippen LogP contribution in [0.3, 0.4) is 0 Å². The zero-order chi connectivity index (χ0) is 9.03. The van der Waals surface area contributed by atoms with E-state index in [0.29, 0.717) is 0 Å². The van der Waals surface area contributed by atoms with Crippen molar-refractivity contribution in [1.29, 1.82) is 0 Å². The lowest BCUT2D eigenvalue weighted by atomic mass is 9.63. The van der Waals surface area contributed by atoms with Gasteiger partial charge in [0.05, 0.1) is 7.85 Å². The minimum atomic E-state index is -0.157. The zero-order valence-electron chi connectivity index (χ0n) is 7.88. The van der Waals surface area contributed by atoms with Gasteiger partial charge in [-0.15, -0.1) is 0 Å². The van der Waals surface area contributed by atoms with E-state index in [-0.39, 0.29) is 27.6 Å². The van der Waals surface area contributed by atoms with E-state index in [1.54, 1.807) is 0 Å². The van der Waals surface area contributed by atoms with Gasteiger partial charge in [-0.2, -0.15) is 0 Å². The van der Waals surface area contributed by atoms with E-state index in [2.05, 4.69) is 26.0 Å². The molecule has 0 saturated heterocycles. The molecule has 1 atom stereocenters. The average Bonchev–Trinajstić information content (AvgIpc) is 2.06. The summed E-state index contributed by atoms with van der Waals surface area (Å²) in [4.78, 5) is 0. The second-order valence-corrected chi connectivity index (χ2v) is 3.53. The molecule has 0 spiro atoms. The van der Waals surface area contributed by atoms with Crippen LogP contribution in [-0.4, -0.2) is 7.85 Å². The molecule has 0 aromatic heterocycles. The third kappa shape index (κ3) is 5.66. The Hall–Kier alpha value is -0.715. The van der Waals surface area contributed by atoms with Crippen LogP contribution in [0, 0.1) is 0 Å². The molecule has 0 nitrogen and oxygen atoms in total. The maximum Gasteiger partial charge on any atom is 0.0806 e. The van der Waals surface area contributed by atoms with Crippen LogP contribution >= 0.6 is 0 Å². The summed E-state index contributed by atoms with van der Waals surface area (Å²) >= 11 is 0. The third-order valence-electron chi connectivity index (χ3n) is 2.20. The van der Waals surface area contributed by atoms with Gasteiger partial charge in [-0.05, 0) is 5.31 Å².